The van der Waals surface area contributed by atoms with Gasteiger partial charge in [-0.1, -0.05) is 5.16 Å². The van der Waals surface area contributed by atoms with Crippen molar-refractivity contribution < 1.29 is 14.1 Å². The first-order valence-corrected chi connectivity index (χ1v) is 8.19. The molecular weight excluding hydrogens is 308 g/mol. The van der Waals surface area contributed by atoms with Crippen molar-refractivity contribution in [2.24, 2.45) is 0 Å². The molecule has 0 spiro atoms. The summed E-state index contributed by atoms with van der Waals surface area (Å²) in [6, 6.07) is 3.67. The molecule has 7 nitrogen and oxygen atoms in total. The summed E-state index contributed by atoms with van der Waals surface area (Å²) in [7, 11) is 0. The van der Waals surface area contributed by atoms with Gasteiger partial charge in [0.15, 0.2) is 0 Å². The van der Waals surface area contributed by atoms with E-state index in [1.165, 1.54) is 0 Å². The van der Waals surface area contributed by atoms with Crippen LogP contribution in [0.3, 0.4) is 0 Å². The second-order valence-electron chi connectivity index (χ2n) is 6.18. The molecule has 0 saturated carbocycles. The minimum atomic E-state index is -0.0231. The number of carbonyl (C=O) groups excluding carboxylic acids is 1. The predicted octanol–water partition coefficient (Wildman–Crippen LogP) is 2.00. The molecule has 0 radical (unpaired) electrons. The fraction of sp³-hybridized carbons (Fsp3) is 0.529. The Morgan fingerprint density at radius 1 is 1.33 bits per heavy atom. The summed E-state index contributed by atoms with van der Waals surface area (Å²) in [6.45, 7) is 6.97. The molecule has 24 heavy (non-hydrogen) atoms. The molecule has 0 aromatic carbocycles. The van der Waals surface area contributed by atoms with Gasteiger partial charge >= 0.3 is 0 Å². The van der Waals surface area contributed by atoms with Gasteiger partial charge in [0, 0.05) is 31.0 Å². The molecule has 7 heteroatoms. The summed E-state index contributed by atoms with van der Waals surface area (Å²) in [5.41, 5.74) is 2.75. The number of ether oxygens (including phenoxy) is 1. The number of hydrogen-bond donors (Lipinski definition) is 0. The monoisotopic (exact) mass is 330 g/mol. The lowest BCUT2D eigenvalue weighted by Crippen LogP contribution is -2.31. The van der Waals surface area contributed by atoms with Gasteiger partial charge in [-0.25, -0.2) is 0 Å². The Morgan fingerprint density at radius 3 is 2.83 bits per heavy atom. The van der Waals surface area contributed by atoms with Gasteiger partial charge in [0.1, 0.15) is 11.9 Å². The average Bonchev–Trinajstić information content (AvgIpc) is 3.15. The highest BCUT2D eigenvalue weighted by Gasteiger charge is 2.28. The van der Waals surface area contributed by atoms with Gasteiger partial charge in [-0.2, -0.15) is 5.10 Å². The Labute approximate surface area is 141 Å². The Morgan fingerprint density at radius 2 is 2.17 bits per heavy atom. The van der Waals surface area contributed by atoms with Crippen LogP contribution in [0, 0.1) is 20.8 Å². The highest BCUT2D eigenvalue weighted by molar-refractivity contribution is 5.76. The Bertz CT molecular complexity index is 692. The standard InChI is InChI=1S/C17H22N4O3/c1-11-4-6-16(19-18-11)23-14-8-9-21(10-14)17(22)7-5-15-12(2)20-24-13(15)3/h4,6,14H,5,7-10H2,1-3H3. The van der Waals surface area contributed by atoms with E-state index in [0.717, 1.165) is 29.1 Å². The zero-order valence-corrected chi connectivity index (χ0v) is 14.3. The maximum Gasteiger partial charge on any atom is 0.233 e. The van der Waals surface area contributed by atoms with Crippen molar-refractivity contribution in [1.29, 1.82) is 0 Å². The molecule has 0 bridgehead atoms. The van der Waals surface area contributed by atoms with Gasteiger partial charge in [-0.05, 0) is 33.3 Å². The predicted molar refractivity (Wildman–Crippen MR) is 86.7 cm³/mol. The average molecular weight is 330 g/mol. The normalized spacial score (nSPS) is 17.3. The van der Waals surface area contributed by atoms with Crippen LogP contribution in [0.4, 0.5) is 0 Å². The van der Waals surface area contributed by atoms with Crippen molar-refractivity contribution in [2.75, 3.05) is 13.1 Å². The van der Waals surface area contributed by atoms with E-state index in [-0.39, 0.29) is 12.0 Å². The van der Waals surface area contributed by atoms with Crippen molar-refractivity contribution in [2.45, 2.75) is 46.1 Å². The molecule has 1 amide bonds. The minimum Gasteiger partial charge on any atom is -0.471 e. The van der Waals surface area contributed by atoms with Crippen molar-refractivity contribution in [1.82, 2.24) is 20.3 Å². The van der Waals surface area contributed by atoms with Gasteiger partial charge in [-0.15, -0.1) is 5.10 Å². The minimum absolute atomic E-state index is 0.0231. The van der Waals surface area contributed by atoms with Crippen LogP contribution >= 0.6 is 0 Å². The zero-order valence-electron chi connectivity index (χ0n) is 14.3. The maximum absolute atomic E-state index is 12.4. The SMILES string of the molecule is Cc1ccc(OC2CCN(C(=O)CCc3c(C)noc3C)C2)nn1. The quantitative estimate of drug-likeness (QED) is 0.834. The molecule has 1 fully saturated rings. The van der Waals surface area contributed by atoms with Gasteiger partial charge in [-0.3, -0.25) is 4.79 Å². The summed E-state index contributed by atoms with van der Waals surface area (Å²) in [5, 5.41) is 11.9. The Kier molecular flexibility index (Phi) is 4.78. The van der Waals surface area contributed by atoms with Crippen molar-refractivity contribution in [3.8, 4) is 5.88 Å². The molecule has 1 unspecified atom stereocenters. The van der Waals surface area contributed by atoms with E-state index < -0.39 is 0 Å². The highest BCUT2D eigenvalue weighted by atomic mass is 16.5. The summed E-state index contributed by atoms with van der Waals surface area (Å²) in [5.74, 6) is 1.44. The molecule has 0 aliphatic carbocycles. The maximum atomic E-state index is 12.4. The third-order valence-electron chi connectivity index (χ3n) is 4.33. The van der Waals surface area contributed by atoms with Crippen molar-refractivity contribution in [3.63, 3.8) is 0 Å². The zero-order chi connectivity index (χ0) is 17.1. The van der Waals surface area contributed by atoms with Gasteiger partial charge in [0.2, 0.25) is 11.8 Å². The van der Waals surface area contributed by atoms with Gasteiger partial charge in [0.05, 0.1) is 17.9 Å². The molecule has 3 rings (SSSR count). The second kappa shape index (κ2) is 6.98. The van der Waals surface area contributed by atoms with Crippen molar-refractivity contribution >= 4 is 5.91 Å². The summed E-state index contributed by atoms with van der Waals surface area (Å²) >= 11 is 0. The largest absolute Gasteiger partial charge is 0.471 e. The molecule has 1 aliphatic rings. The van der Waals surface area contributed by atoms with Crippen LogP contribution in [0.1, 0.15) is 35.6 Å². The molecular formula is C17H22N4O3. The van der Waals surface area contributed by atoms with Crippen LogP contribution in [0.5, 0.6) is 5.88 Å². The highest BCUT2D eigenvalue weighted by Crippen LogP contribution is 2.19. The smallest absolute Gasteiger partial charge is 0.233 e. The van der Waals surface area contributed by atoms with E-state index >= 15 is 0 Å². The van der Waals surface area contributed by atoms with E-state index in [0.29, 0.717) is 31.8 Å². The van der Waals surface area contributed by atoms with E-state index in [4.69, 9.17) is 9.26 Å². The lowest BCUT2D eigenvalue weighted by Gasteiger charge is -2.16. The van der Waals surface area contributed by atoms with Gasteiger partial charge in [0.25, 0.3) is 0 Å². The first kappa shape index (κ1) is 16.4. The molecule has 0 N–H and O–H groups in total. The van der Waals surface area contributed by atoms with Crippen LogP contribution in [-0.2, 0) is 11.2 Å². The number of nitrogens with zero attached hydrogens (tertiary/aromatic N) is 4. The number of likely N-dealkylation sites (tertiary alicyclic amines) is 1. The van der Waals surface area contributed by atoms with Crippen molar-refractivity contribution in [3.05, 3.63) is 34.8 Å². The first-order valence-electron chi connectivity index (χ1n) is 8.19. The molecule has 1 atom stereocenters. The van der Waals surface area contributed by atoms with E-state index in [2.05, 4.69) is 15.4 Å². The third-order valence-corrected chi connectivity index (χ3v) is 4.33. The van der Waals surface area contributed by atoms with E-state index in [1.807, 2.05) is 37.8 Å². The van der Waals surface area contributed by atoms with Crippen LogP contribution in [0.25, 0.3) is 0 Å². The lowest BCUT2D eigenvalue weighted by molar-refractivity contribution is -0.130. The lowest BCUT2D eigenvalue weighted by atomic mass is 10.1. The van der Waals surface area contributed by atoms with Gasteiger partial charge < -0.3 is 14.2 Å². The molecule has 128 valence electrons. The summed E-state index contributed by atoms with van der Waals surface area (Å²) < 4.78 is 10.9. The summed E-state index contributed by atoms with van der Waals surface area (Å²) in [4.78, 5) is 14.2. The number of aromatic nitrogens is 3. The van der Waals surface area contributed by atoms with Crippen LogP contribution in [-0.4, -0.2) is 45.4 Å². The second-order valence-corrected chi connectivity index (χ2v) is 6.18. The number of carbonyl (C=O) groups is 1. The van der Waals surface area contributed by atoms with Crippen LogP contribution < -0.4 is 4.74 Å². The number of hydrogen-bond acceptors (Lipinski definition) is 6. The summed E-state index contributed by atoms with van der Waals surface area (Å²) in [6.07, 6.45) is 1.91. The molecule has 1 saturated heterocycles. The molecule has 3 heterocycles. The third kappa shape index (κ3) is 3.72. The Hall–Kier alpha value is -2.44. The number of rotatable bonds is 5. The van der Waals surface area contributed by atoms with Crippen LogP contribution in [0.2, 0.25) is 0 Å². The van der Waals surface area contributed by atoms with Crippen LogP contribution in [0.15, 0.2) is 16.7 Å². The number of aryl methyl sites for hydroxylation is 3. The first-order chi connectivity index (χ1) is 11.5. The molecule has 2 aromatic rings. The molecule has 1 aliphatic heterocycles. The number of amides is 1. The molecule has 2 aromatic heterocycles. The van der Waals surface area contributed by atoms with E-state index in [1.54, 1.807) is 0 Å². The topological polar surface area (TPSA) is 81.4 Å². The fourth-order valence-electron chi connectivity index (χ4n) is 2.92. The van der Waals surface area contributed by atoms with E-state index in [9.17, 15) is 4.79 Å². The Balaban J connectivity index is 1.49. The fourth-order valence-corrected chi connectivity index (χ4v) is 2.92.